The molecule has 0 N–H and O–H groups in total. The predicted octanol–water partition coefficient (Wildman–Crippen LogP) is 4.63. The number of anilines is 1. The molecule has 2 nitrogen and oxygen atoms in total. The molecule has 0 amide bonds. The van der Waals surface area contributed by atoms with Crippen LogP contribution >= 0.6 is 27.5 Å². The lowest BCUT2D eigenvalue weighted by Crippen LogP contribution is -2.57. The number of ether oxygens (including phenoxy) is 1. The van der Waals surface area contributed by atoms with Gasteiger partial charge in [0.15, 0.2) is 0 Å². The first kappa shape index (κ1) is 15.1. The zero-order valence-electron chi connectivity index (χ0n) is 12.0. The van der Waals surface area contributed by atoms with E-state index >= 15 is 0 Å². The molecule has 1 aliphatic heterocycles. The van der Waals surface area contributed by atoms with E-state index in [2.05, 4.69) is 54.6 Å². The van der Waals surface area contributed by atoms with Crippen molar-refractivity contribution in [3.63, 3.8) is 0 Å². The smallest absolute Gasteiger partial charge is 0.0808 e. The number of hydrogen-bond acceptors (Lipinski definition) is 2. The van der Waals surface area contributed by atoms with Crippen molar-refractivity contribution in [3.8, 4) is 0 Å². The van der Waals surface area contributed by atoms with Crippen molar-refractivity contribution in [1.82, 2.24) is 0 Å². The third kappa shape index (κ3) is 3.45. The summed E-state index contributed by atoms with van der Waals surface area (Å²) < 4.78 is 6.13. The van der Waals surface area contributed by atoms with Crippen LogP contribution in [0.4, 0.5) is 5.69 Å². The van der Waals surface area contributed by atoms with Crippen molar-refractivity contribution in [3.05, 3.63) is 28.8 Å². The zero-order chi connectivity index (χ0) is 14.3. The molecule has 1 aromatic rings. The fourth-order valence-corrected chi connectivity index (χ4v) is 3.73. The van der Waals surface area contributed by atoms with Gasteiger partial charge in [-0.1, -0.05) is 39.7 Å². The average Bonchev–Trinajstić information content (AvgIpc) is 2.24. The molecule has 1 saturated heterocycles. The summed E-state index contributed by atoms with van der Waals surface area (Å²) in [6, 6.07) is 6.07. The molecule has 0 spiro atoms. The number of rotatable bonds is 2. The Morgan fingerprint density at radius 1 is 1.21 bits per heavy atom. The minimum atomic E-state index is -0.176. The van der Waals surface area contributed by atoms with Gasteiger partial charge in [-0.05, 0) is 39.3 Å². The summed E-state index contributed by atoms with van der Waals surface area (Å²) in [7, 11) is 0. The Kier molecular flexibility index (Phi) is 4.20. The molecule has 0 aliphatic carbocycles. The minimum Gasteiger partial charge on any atom is -0.366 e. The van der Waals surface area contributed by atoms with Crippen molar-refractivity contribution < 1.29 is 4.74 Å². The van der Waals surface area contributed by atoms with Gasteiger partial charge in [0.25, 0.3) is 0 Å². The molecule has 1 aliphatic rings. The van der Waals surface area contributed by atoms with Crippen LogP contribution in [0.15, 0.2) is 18.2 Å². The highest BCUT2D eigenvalue weighted by atomic mass is 79.9. The molecular weight excluding hydrogens is 326 g/mol. The first-order valence-corrected chi connectivity index (χ1v) is 8.02. The van der Waals surface area contributed by atoms with Crippen LogP contribution in [0.25, 0.3) is 0 Å². The van der Waals surface area contributed by atoms with Crippen LogP contribution in [0.5, 0.6) is 0 Å². The fraction of sp³-hybridized carbons (Fsp3) is 0.600. The summed E-state index contributed by atoms with van der Waals surface area (Å²) in [4.78, 5) is 2.35. The predicted molar refractivity (Wildman–Crippen MR) is 85.5 cm³/mol. The van der Waals surface area contributed by atoms with Crippen LogP contribution in [0.3, 0.4) is 0 Å². The van der Waals surface area contributed by atoms with E-state index in [-0.39, 0.29) is 11.2 Å². The standard InChI is InChI=1S/C15H21BrClNO/c1-14(2)9-18(10-15(3,4)19-14)13-11(8-16)6-5-7-12(13)17/h5-7H,8-10H2,1-4H3. The highest BCUT2D eigenvalue weighted by Gasteiger charge is 2.39. The first-order chi connectivity index (χ1) is 8.74. The molecule has 2 rings (SSSR count). The van der Waals surface area contributed by atoms with Crippen molar-refractivity contribution in [1.29, 1.82) is 0 Å². The minimum absolute atomic E-state index is 0.176. The molecule has 4 heteroatoms. The van der Waals surface area contributed by atoms with Crippen molar-refractivity contribution in [2.75, 3.05) is 18.0 Å². The second-order valence-electron chi connectivity index (χ2n) is 6.36. The molecule has 1 fully saturated rings. The van der Waals surface area contributed by atoms with E-state index in [1.807, 2.05) is 12.1 Å². The second-order valence-corrected chi connectivity index (χ2v) is 7.33. The highest BCUT2D eigenvalue weighted by molar-refractivity contribution is 9.08. The third-order valence-electron chi connectivity index (χ3n) is 3.23. The maximum Gasteiger partial charge on any atom is 0.0808 e. The van der Waals surface area contributed by atoms with Crippen LogP contribution in [0.1, 0.15) is 33.3 Å². The lowest BCUT2D eigenvalue weighted by molar-refractivity contribution is -0.133. The quantitative estimate of drug-likeness (QED) is 0.724. The van der Waals surface area contributed by atoms with E-state index in [9.17, 15) is 0 Å². The Bertz CT molecular complexity index is 457. The lowest BCUT2D eigenvalue weighted by atomic mass is 9.97. The Hall–Kier alpha value is -0.250. The van der Waals surface area contributed by atoms with Crippen LogP contribution in [-0.2, 0) is 10.1 Å². The first-order valence-electron chi connectivity index (χ1n) is 6.53. The van der Waals surface area contributed by atoms with Crippen molar-refractivity contribution in [2.45, 2.75) is 44.2 Å². The summed E-state index contributed by atoms with van der Waals surface area (Å²) in [6.45, 7) is 10.2. The fourth-order valence-electron chi connectivity index (χ4n) is 2.97. The van der Waals surface area contributed by atoms with Gasteiger partial charge in [0.1, 0.15) is 0 Å². The van der Waals surface area contributed by atoms with E-state index in [0.717, 1.165) is 29.1 Å². The monoisotopic (exact) mass is 345 g/mol. The molecule has 106 valence electrons. The van der Waals surface area contributed by atoms with Crippen molar-refractivity contribution in [2.24, 2.45) is 0 Å². The van der Waals surface area contributed by atoms with Crippen LogP contribution in [-0.4, -0.2) is 24.3 Å². The summed E-state index contributed by atoms with van der Waals surface area (Å²) >= 11 is 9.97. The molecule has 1 heterocycles. The van der Waals surface area contributed by atoms with Gasteiger partial charge >= 0.3 is 0 Å². The molecule has 0 atom stereocenters. The molecular formula is C15H21BrClNO. The van der Waals surface area contributed by atoms with Gasteiger partial charge in [-0.2, -0.15) is 0 Å². The van der Waals surface area contributed by atoms with E-state index < -0.39 is 0 Å². The molecule has 0 saturated carbocycles. The zero-order valence-corrected chi connectivity index (χ0v) is 14.3. The average molecular weight is 347 g/mol. The molecule has 19 heavy (non-hydrogen) atoms. The number of nitrogens with zero attached hydrogens (tertiary/aromatic N) is 1. The topological polar surface area (TPSA) is 12.5 Å². The van der Waals surface area contributed by atoms with Crippen LogP contribution in [0.2, 0.25) is 5.02 Å². The lowest BCUT2D eigenvalue weighted by Gasteiger charge is -2.48. The summed E-state index contributed by atoms with van der Waals surface area (Å²) in [6.07, 6.45) is 0. The van der Waals surface area contributed by atoms with Gasteiger partial charge < -0.3 is 9.64 Å². The maximum atomic E-state index is 6.42. The number of hydrogen-bond donors (Lipinski definition) is 0. The number of alkyl halides is 1. The van der Waals surface area contributed by atoms with Gasteiger partial charge in [-0.3, -0.25) is 0 Å². The number of para-hydroxylation sites is 1. The molecule has 0 bridgehead atoms. The Morgan fingerprint density at radius 2 is 1.79 bits per heavy atom. The Morgan fingerprint density at radius 3 is 2.32 bits per heavy atom. The van der Waals surface area contributed by atoms with E-state index in [1.54, 1.807) is 0 Å². The van der Waals surface area contributed by atoms with Gasteiger partial charge in [0.05, 0.1) is 21.9 Å². The number of halogens is 2. The molecule has 0 unspecified atom stereocenters. The summed E-state index contributed by atoms with van der Waals surface area (Å²) in [5, 5.41) is 1.62. The van der Waals surface area contributed by atoms with E-state index in [0.29, 0.717) is 0 Å². The molecule has 1 aromatic carbocycles. The maximum absolute atomic E-state index is 6.42. The molecule has 0 aromatic heterocycles. The highest BCUT2D eigenvalue weighted by Crippen LogP contribution is 2.37. The number of morpholine rings is 1. The van der Waals surface area contributed by atoms with Crippen LogP contribution < -0.4 is 4.90 Å². The summed E-state index contributed by atoms with van der Waals surface area (Å²) in [5.74, 6) is 0. The van der Waals surface area contributed by atoms with Gasteiger partial charge in [-0.15, -0.1) is 0 Å². The van der Waals surface area contributed by atoms with E-state index in [4.69, 9.17) is 16.3 Å². The van der Waals surface area contributed by atoms with Gasteiger partial charge in [-0.25, -0.2) is 0 Å². The van der Waals surface area contributed by atoms with Crippen molar-refractivity contribution >= 4 is 33.2 Å². The van der Waals surface area contributed by atoms with E-state index in [1.165, 1.54) is 5.56 Å². The third-order valence-corrected chi connectivity index (χ3v) is 4.14. The second kappa shape index (κ2) is 5.27. The largest absolute Gasteiger partial charge is 0.366 e. The SMILES string of the molecule is CC1(C)CN(c2c(Cl)cccc2CBr)CC(C)(C)O1. The van der Waals surface area contributed by atoms with Gasteiger partial charge in [0, 0.05) is 18.4 Å². The Labute approximate surface area is 129 Å². The number of benzene rings is 1. The normalized spacial score (nSPS) is 21.5. The van der Waals surface area contributed by atoms with Gasteiger partial charge in [0.2, 0.25) is 0 Å². The molecule has 0 radical (unpaired) electrons. The Balaban J connectivity index is 2.41. The summed E-state index contributed by atoms with van der Waals surface area (Å²) in [5.41, 5.74) is 2.00. The van der Waals surface area contributed by atoms with Crippen LogP contribution in [0, 0.1) is 0 Å².